The van der Waals surface area contributed by atoms with E-state index in [0.29, 0.717) is 0 Å². The van der Waals surface area contributed by atoms with Gasteiger partial charge in [0.1, 0.15) is 0 Å². The van der Waals surface area contributed by atoms with Crippen LogP contribution in [-0.4, -0.2) is 11.9 Å². The van der Waals surface area contributed by atoms with Crippen LogP contribution in [0.2, 0.25) is 0 Å². The average Bonchev–Trinajstić information content (AvgIpc) is 2.21. The first-order chi connectivity index (χ1) is 6.38. The fourth-order valence-electron chi connectivity index (χ4n) is 1.16. The van der Waals surface area contributed by atoms with Crippen molar-refractivity contribution in [3.05, 3.63) is 35.9 Å². The molecule has 1 atom stereocenters. The van der Waals surface area contributed by atoms with Gasteiger partial charge in [0.2, 0.25) is 0 Å². The summed E-state index contributed by atoms with van der Waals surface area (Å²) in [5.41, 5.74) is 1.24. The average molecular weight is 243 g/mol. The number of ether oxygens (including phenoxy) is 1. The molecular weight excluding hydrogens is 228 g/mol. The number of hydrogen-bond donors (Lipinski definition) is 0. The highest BCUT2D eigenvalue weighted by molar-refractivity contribution is 9.09. The number of benzene rings is 1. The van der Waals surface area contributed by atoms with Crippen molar-refractivity contribution in [2.24, 2.45) is 0 Å². The van der Waals surface area contributed by atoms with E-state index >= 15 is 0 Å². The Kier molecular flexibility index (Phi) is 5.09. The second-order valence-electron chi connectivity index (χ2n) is 2.92. The van der Waals surface area contributed by atoms with Gasteiger partial charge in [0, 0.05) is 11.9 Å². The molecule has 1 nitrogen and oxygen atoms in total. The predicted molar refractivity (Wildman–Crippen MR) is 59.2 cm³/mol. The Morgan fingerprint density at radius 2 is 2.00 bits per heavy atom. The lowest BCUT2D eigenvalue weighted by atomic mass is 10.1. The molecule has 0 saturated heterocycles. The van der Waals surface area contributed by atoms with Gasteiger partial charge < -0.3 is 4.74 Å². The summed E-state index contributed by atoms with van der Waals surface area (Å²) < 4.78 is 5.68. The van der Waals surface area contributed by atoms with Crippen LogP contribution in [-0.2, 0) is 4.74 Å². The van der Waals surface area contributed by atoms with Gasteiger partial charge in [-0.1, -0.05) is 53.2 Å². The first-order valence-corrected chi connectivity index (χ1v) is 5.73. The van der Waals surface area contributed by atoms with E-state index in [1.807, 2.05) is 18.2 Å². The van der Waals surface area contributed by atoms with Gasteiger partial charge in [0.25, 0.3) is 0 Å². The maximum Gasteiger partial charge on any atom is 0.0921 e. The minimum Gasteiger partial charge on any atom is -0.373 e. The second kappa shape index (κ2) is 6.17. The summed E-state index contributed by atoms with van der Waals surface area (Å²) in [4.78, 5) is 0. The molecule has 0 heterocycles. The molecule has 0 aliphatic rings. The van der Waals surface area contributed by atoms with E-state index in [0.717, 1.165) is 18.4 Å². The zero-order valence-electron chi connectivity index (χ0n) is 7.87. The van der Waals surface area contributed by atoms with Gasteiger partial charge in [-0.05, 0) is 12.0 Å². The highest BCUT2D eigenvalue weighted by Crippen LogP contribution is 2.19. The third-order valence-electron chi connectivity index (χ3n) is 1.83. The van der Waals surface area contributed by atoms with Crippen LogP contribution in [0, 0.1) is 0 Å². The second-order valence-corrected chi connectivity index (χ2v) is 3.57. The molecule has 1 unspecified atom stereocenters. The van der Waals surface area contributed by atoms with Crippen molar-refractivity contribution in [3.63, 3.8) is 0 Å². The van der Waals surface area contributed by atoms with E-state index in [2.05, 4.69) is 35.0 Å². The predicted octanol–water partition coefficient (Wildman–Crippen LogP) is 3.55. The Morgan fingerprint density at radius 3 is 2.54 bits per heavy atom. The highest BCUT2D eigenvalue weighted by atomic mass is 79.9. The smallest absolute Gasteiger partial charge is 0.0921 e. The zero-order chi connectivity index (χ0) is 9.52. The van der Waals surface area contributed by atoms with Crippen LogP contribution in [0.4, 0.5) is 0 Å². The van der Waals surface area contributed by atoms with Gasteiger partial charge in [0.05, 0.1) is 6.10 Å². The monoisotopic (exact) mass is 242 g/mol. The fraction of sp³-hybridized carbons (Fsp3) is 0.455. The largest absolute Gasteiger partial charge is 0.373 e. The Labute approximate surface area is 88.2 Å². The van der Waals surface area contributed by atoms with Crippen LogP contribution in [0.5, 0.6) is 0 Å². The van der Waals surface area contributed by atoms with Gasteiger partial charge in [-0.25, -0.2) is 0 Å². The van der Waals surface area contributed by atoms with E-state index in [1.54, 1.807) is 0 Å². The third kappa shape index (κ3) is 3.49. The van der Waals surface area contributed by atoms with E-state index < -0.39 is 0 Å². The van der Waals surface area contributed by atoms with Gasteiger partial charge in [-0.3, -0.25) is 0 Å². The van der Waals surface area contributed by atoms with Crippen molar-refractivity contribution in [2.45, 2.75) is 19.4 Å². The molecule has 0 spiro atoms. The lowest BCUT2D eigenvalue weighted by molar-refractivity contribution is 0.0704. The maximum atomic E-state index is 5.68. The van der Waals surface area contributed by atoms with Crippen molar-refractivity contribution in [2.75, 3.05) is 11.9 Å². The summed E-state index contributed by atoms with van der Waals surface area (Å²) in [5, 5.41) is 0.858. The molecule has 0 amide bonds. The zero-order valence-corrected chi connectivity index (χ0v) is 9.46. The molecule has 1 aromatic rings. The Bertz CT molecular complexity index is 223. The quantitative estimate of drug-likeness (QED) is 0.718. The van der Waals surface area contributed by atoms with Crippen molar-refractivity contribution >= 4 is 15.9 Å². The SMILES string of the molecule is CCCOC(CBr)c1ccccc1. The molecular formula is C11H15BrO. The summed E-state index contributed by atoms with van der Waals surface area (Å²) in [6, 6.07) is 10.3. The molecule has 0 aromatic heterocycles. The molecule has 1 aromatic carbocycles. The Balaban J connectivity index is 2.56. The fourth-order valence-corrected chi connectivity index (χ4v) is 1.72. The summed E-state index contributed by atoms with van der Waals surface area (Å²) >= 11 is 3.46. The Hall–Kier alpha value is -0.340. The first-order valence-electron chi connectivity index (χ1n) is 4.61. The number of hydrogen-bond acceptors (Lipinski definition) is 1. The van der Waals surface area contributed by atoms with Crippen LogP contribution >= 0.6 is 15.9 Å². The van der Waals surface area contributed by atoms with Gasteiger partial charge in [0.15, 0.2) is 0 Å². The molecule has 0 saturated carbocycles. The number of alkyl halides is 1. The molecule has 1 rings (SSSR count). The molecule has 13 heavy (non-hydrogen) atoms. The summed E-state index contributed by atoms with van der Waals surface area (Å²) in [5.74, 6) is 0. The molecule has 0 fully saturated rings. The third-order valence-corrected chi connectivity index (χ3v) is 2.42. The number of rotatable bonds is 5. The standard InChI is InChI=1S/C11H15BrO/c1-2-8-13-11(9-12)10-6-4-3-5-7-10/h3-7,11H,2,8-9H2,1H3. The van der Waals surface area contributed by atoms with Gasteiger partial charge in [-0.15, -0.1) is 0 Å². The lowest BCUT2D eigenvalue weighted by Gasteiger charge is -2.14. The van der Waals surface area contributed by atoms with Gasteiger partial charge in [-0.2, -0.15) is 0 Å². The van der Waals surface area contributed by atoms with Gasteiger partial charge >= 0.3 is 0 Å². The van der Waals surface area contributed by atoms with Crippen molar-refractivity contribution in [1.29, 1.82) is 0 Å². The molecule has 0 bridgehead atoms. The van der Waals surface area contributed by atoms with Crippen LogP contribution in [0.1, 0.15) is 25.0 Å². The molecule has 0 aliphatic carbocycles. The van der Waals surface area contributed by atoms with E-state index in [9.17, 15) is 0 Å². The minimum atomic E-state index is 0.196. The van der Waals surface area contributed by atoms with Crippen molar-refractivity contribution in [1.82, 2.24) is 0 Å². The lowest BCUT2D eigenvalue weighted by Crippen LogP contribution is -2.06. The van der Waals surface area contributed by atoms with Crippen LogP contribution in [0.3, 0.4) is 0 Å². The topological polar surface area (TPSA) is 9.23 Å². The van der Waals surface area contributed by atoms with E-state index in [1.165, 1.54) is 5.56 Å². The van der Waals surface area contributed by atoms with Crippen molar-refractivity contribution in [3.8, 4) is 0 Å². The van der Waals surface area contributed by atoms with Crippen molar-refractivity contribution < 1.29 is 4.74 Å². The van der Waals surface area contributed by atoms with E-state index in [-0.39, 0.29) is 6.10 Å². The molecule has 72 valence electrons. The Morgan fingerprint density at radius 1 is 1.31 bits per heavy atom. The van der Waals surface area contributed by atoms with Crippen LogP contribution in [0.15, 0.2) is 30.3 Å². The highest BCUT2D eigenvalue weighted by Gasteiger charge is 2.08. The maximum absolute atomic E-state index is 5.68. The summed E-state index contributed by atoms with van der Waals surface area (Å²) in [6.45, 7) is 2.95. The summed E-state index contributed by atoms with van der Waals surface area (Å²) in [7, 11) is 0. The first kappa shape index (κ1) is 10.7. The van der Waals surface area contributed by atoms with E-state index in [4.69, 9.17) is 4.74 Å². The molecule has 2 heteroatoms. The van der Waals surface area contributed by atoms with Crippen LogP contribution in [0.25, 0.3) is 0 Å². The molecule has 0 N–H and O–H groups in total. The molecule has 0 radical (unpaired) electrons. The summed E-state index contributed by atoms with van der Waals surface area (Å²) in [6.07, 6.45) is 1.26. The number of halogens is 1. The minimum absolute atomic E-state index is 0.196. The van der Waals surface area contributed by atoms with Crippen LogP contribution < -0.4 is 0 Å². The normalized spacial score (nSPS) is 12.8. The molecule has 0 aliphatic heterocycles.